The van der Waals surface area contributed by atoms with E-state index in [1.165, 1.54) is 6.92 Å². The lowest BCUT2D eigenvalue weighted by molar-refractivity contribution is -0.186. The molecule has 1 atom stereocenters. The van der Waals surface area contributed by atoms with Crippen LogP contribution >= 0.6 is 0 Å². The van der Waals surface area contributed by atoms with Gasteiger partial charge in [-0.2, -0.15) is 0 Å². The molecule has 10 heteroatoms. The second-order valence-corrected chi connectivity index (χ2v) is 5.53. The summed E-state index contributed by atoms with van der Waals surface area (Å²) in [5.74, 6) is -2.43. The summed E-state index contributed by atoms with van der Waals surface area (Å²) in [6.45, 7) is 5.84. The molecule has 0 aliphatic heterocycles. The number of nitrogens with two attached hydrogens (primary N) is 1. The number of carbonyl (C=O) groups excluding carboxylic acids is 3. The molecule has 0 fully saturated rings. The first-order valence-electron chi connectivity index (χ1n) is 8.00. The van der Waals surface area contributed by atoms with E-state index < -0.39 is 42.3 Å². The first kappa shape index (κ1) is 23.0. The molecule has 0 aliphatic carbocycles. The molecule has 0 saturated heterocycles. The molecule has 0 heterocycles. The van der Waals surface area contributed by atoms with E-state index in [1.54, 1.807) is 20.8 Å². The average molecular weight is 368 g/mol. The lowest BCUT2D eigenvalue weighted by atomic mass is 9.95. The number of hydrogen-bond donors (Lipinski definition) is 1. The maximum atomic E-state index is 13.2. The summed E-state index contributed by atoms with van der Waals surface area (Å²) < 4.78 is 35.6. The molecule has 0 bridgehead atoms. The molecule has 0 aromatic rings. The quantitative estimate of drug-likeness (QED) is 0.489. The number of nitrogens with zero attached hydrogens (tertiary/aromatic N) is 1. The van der Waals surface area contributed by atoms with Crippen LogP contribution in [0.15, 0.2) is 0 Å². The van der Waals surface area contributed by atoms with Gasteiger partial charge in [-0.15, -0.1) is 5.06 Å². The second-order valence-electron chi connectivity index (χ2n) is 5.53. The summed E-state index contributed by atoms with van der Waals surface area (Å²) in [7, 11) is 0. The molecule has 1 amide bonds. The van der Waals surface area contributed by atoms with E-state index >= 15 is 0 Å². The Morgan fingerprint density at radius 2 is 1.68 bits per heavy atom. The number of rotatable bonds is 9. The number of alkyl halides is 2. The van der Waals surface area contributed by atoms with Crippen LogP contribution in [-0.4, -0.2) is 54.8 Å². The number of ether oxygens (including phenoxy) is 2. The Kier molecular flexibility index (Phi) is 9.95. The Labute approximate surface area is 145 Å². The molecule has 0 saturated carbocycles. The van der Waals surface area contributed by atoms with Crippen LogP contribution in [-0.2, 0) is 23.9 Å². The van der Waals surface area contributed by atoms with Crippen molar-refractivity contribution in [1.82, 2.24) is 5.06 Å². The van der Waals surface area contributed by atoms with Gasteiger partial charge in [-0.05, 0) is 26.7 Å². The summed E-state index contributed by atoms with van der Waals surface area (Å²) in [5, 5.41) is 0.628. The number of hydroxylamine groups is 2. The fourth-order valence-electron chi connectivity index (χ4n) is 1.66. The van der Waals surface area contributed by atoms with Crippen LogP contribution in [0.1, 0.15) is 40.5 Å². The fraction of sp³-hybridized carbons (Fsp3) is 0.800. The molecular weight excluding hydrogens is 342 g/mol. The van der Waals surface area contributed by atoms with Crippen molar-refractivity contribution in [2.45, 2.75) is 52.5 Å². The van der Waals surface area contributed by atoms with Gasteiger partial charge in [0.1, 0.15) is 0 Å². The molecule has 0 aromatic carbocycles. The van der Waals surface area contributed by atoms with Crippen LogP contribution in [0.25, 0.3) is 0 Å². The summed E-state index contributed by atoms with van der Waals surface area (Å²) in [6, 6.07) is 0. The minimum absolute atomic E-state index is 0.0370. The van der Waals surface area contributed by atoms with Crippen LogP contribution in [0.4, 0.5) is 13.6 Å². The van der Waals surface area contributed by atoms with Crippen molar-refractivity contribution in [3.05, 3.63) is 0 Å². The normalized spacial score (nSPS) is 13.3. The van der Waals surface area contributed by atoms with Gasteiger partial charge in [-0.25, -0.2) is 23.2 Å². The minimum atomic E-state index is -3.15. The van der Waals surface area contributed by atoms with Crippen molar-refractivity contribution in [1.29, 1.82) is 0 Å². The highest BCUT2D eigenvalue weighted by Crippen LogP contribution is 2.21. The number of hydrogen-bond acceptors (Lipinski definition) is 7. The van der Waals surface area contributed by atoms with Gasteiger partial charge in [0.15, 0.2) is 5.54 Å². The van der Waals surface area contributed by atoms with E-state index in [0.29, 0.717) is 5.06 Å². The van der Waals surface area contributed by atoms with E-state index in [9.17, 15) is 23.2 Å². The van der Waals surface area contributed by atoms with Gasteiger partial charge in [0.2, 0.25) is 0 Å². The zero-order valence-corrected chi connectivity index (χ0v) is 14.9. The summed E-state index contributed by atoms with van der Waals surface area (Å²) >= 11 is 0. The molecule has 1 unspecified atom stereocenters. The SMILES string of the molecule is CCOC(=O)N(CCCC(N)(C(=O)OCC)C(F)F)OC(=O)C(C)C. The Balaban J connectivity index is 4.93. The first-order chi connectivity index (χ1) is 11.6. The zero-order valence-electron chi connectivity index (χ0n) is 14.9. The van der Waals surface area contributed by atoms with E-state index in [-0.39, 0.29) is 26.2 Å². The molecule has 2 N–H and O–H groups in total. The average Bonchev–Trinajstić information content (AvgIpc) is 2.53. The molecule has 146 valence electrons. The highest BCUT2D eigenvalue weighted by Gasteiger charge is 2.44. The molecule has 0 radical (unpaired) electrons. The van der Waals surface area contributed by atoms with Crippen molar-refractivity contribution in [3.63, 3.8) is 0 Å². The van der Waals surface area contributed by atoms with Crippen molar-refractivity contribution >= 4 is 18.0 Å². The Bertz CT molecular complexity index is 461. The summed E-state index contributed by atoms with van der Waals surface area (Å²) in [5.41, 5.74) is 2.97. The monoisotopic (exact) mass is 368 g/mol. The van der Waals surface area contributed by atoms with Crippen LogP contribution < -0.4 is 5.73 Å². The van der Waals surface area contributed by atoms with Crippen molar-refractivity contribution in [2.24, 2.45) is 11.7 Å². The highest BCUT2D eigenvalue weighted by molar-refractivity contribution is 5.81. The Hall–Kier alpha value is -1.97. The fourth-order valence-corrected chi connectivity index (χ4v) is 1.66. The van der Waals surface area contributed by atoms with Crippen LogP contribution in [0.3, 0.4) is 0 Å². The standard InChI is InChI=1S/C15H26F2N2O6/c1-5-23-13(21)15(18,12(16)17)8-7-9-19(14(22)24-6-2)25-11(20)10(3)4/h10,12H,5-9,18H2,1-4H3. The molecule has 8 nitrogen and oxygen atoms in total. The predicted molar refractivity (Wildman–Crippen MR) is 83.4 cm³/mol. The third-order valence-corrected chi connectivity index (χ3v) is 3.14. The molecule has 0 aromatic heterocycles. The van der Waals surface area contributed by atoms with E-state index in [4.69, 9.17) is 15.3 Å². The lowest BCUT2D eigenvalue weighted by Gasteiger charge is -2.27. The second kappa shape index (κ2) is 10.8. The van der Waals surface area contributed by atoms with Crippen molar-refractivity contribution in [2.75, 3.05) is 19.8 Å². The van der Waals surface area contributed by atoms with Crippen LogP contribution in [0, 0.1) is 5.92 Å². The Morgan fingerprint density at radius 1 is 1.12 bits per heavy atom. The topological polar surface area (TPSA) is 108 Å². The van der Waals surface area contributed by atoms with E-state index in [0.717, 1.165) is 0 Å². The molecule has 25 heavy (non-hydrogen) atoms. The summed E-state index contributed by atoms with van der Waals surface area (Å²) in [6.07, 6.45) is -4.70. The van der Waals surface area contributed by atoms with Gasteiger partial charge in [-0.1, -0.05) is 13.8 Å². The lowest BCUT2D eigenvalue weighted by Crippen LogP contribution is -2.55. The third kappa shape index (κ3) is 7.20. The maximum absolute atomic E-state index is 13.2. The van der Waals surface area contributed by atoms with Crippen molar-refractivity contribution in [3.8, 4) is 0 Å². The summed E-state index contributed by atoms with van der Waals surface area (Å²) in [4.78, 5) is 40.0. The maximum Gasteiger partial charge on any atom is 0.443 e. The zero-order chi connectivity index (χ0) is 19.6. The van der Waals surface area contributed by atoms with E-state index in [2.05, 4.69) is 4.74 Å². The smallest absolute Gasteiger partial charge is 0.443 e. The van der Waals surface area contributed by atoms with Gasteiger partial charge in [-0.3, -0.25) is 0 Å². The molecule has 0 spiro atoms. The van der Waals surface area contributed by atoms with Gasteiger partial charge in [0, 0.05) is 0 Å². The Morgan fingerprint density at radius 3 is 2.12 bits per heavy atom. The van der Waals surface area contributed by atoms with Crippen LogP contribution in [0.5, 0.6) is 0 Å². The molecular formula is C15H26F2N2O6. The van der Waals surface area contributed by atoms with E-state index in [1.807, 2.05) is 0 Å². The highest BCUT2D eigenvalue weighted by atomic mass is 19.3. The van der Waals surface area contributed by atoms with Crippen molar-refractivity contribution < 1.29 is 37.5 Å². The number of carbonyl (C=O) groups is 3. The van der Waals surface area contributed by atoms with Gasteiger partial charge < -0.3 is 20.0 Å². The molecule has 0 rings (SSSR count). The third-order valence-electron chi connectivity index (χ3n) is 3.14. The minimum Gasteiger partial charge on any atom is -0.464 e. The van der Waals surface area contributed by atoms with Crippen LogP contribution in [0.2, 0.25) is 0 Å². The number of esters is 1. The van der Waals surface area contributed by atoms with Gasteiger partial charge in [0.25, 0.3) is 6.43 Å². The first-order valence-corrected chi connectivity index (χ1v) is 8.00. The van der Waals surface area contributed by atoms with Gasteiger partial charge in [0.05, 0.1) is 25.7 Å². The molecule has 0 aliphatic rings. The number of halogens is 2. The number of amides is 1. The van der Waals surface area contributed by atoms with Gasteiger partial charge >= 0.3 is 18.0 Å². The predicted octanol–water partition coefficient (Wildman–Crippen LogP) is 1.86. The largest absolute Gasteiger partial charge is 0.464 e.